The first-order valence-electron chi connectivity index (χ1n) is 9.65. The van der Waals surface area contributed by atoms with Crippen molar-refractivity contribution in [1.29, 1.82) is 0 Å². The molecule has 2 aromatic rings. The number of benzene rings is 2. The average molecular weight is 453 g/mol. The number of nitrogens with zero attached hydrogens (tertiary/aromatic N) is 1. The van der Waals surface area contributed by atoms with Crippen LogP contribution >= 0.6 is 11.6 Å². The number of nitrogens with one attached hydrogen (secondary N) is 1. The lowest BCUT2D eigenvalue weighted by Crippen LogP contribution is -2.41. The Morgan fingerprint density at radius 2 is 1.80 bits per heavy atom. The Hall–Kier alpha value is -2.25. The van der Waals surface area contributed by atoms with E-state index in [1.165, 1.54) is 0 Å². The molecule has 0 fully saturated rings. The molecule has 30 heavy (non-hydrogen) atoms. The van der Waals surface area contributed by atoms with E-state index in [1.807, 2.05) is 26.0 Å². The number of carbonyl (C=O) groups excluding carboxylic acids is 1. The number of hydrogen-bond acceptors (Lipinski definition) is 4. The number of carbonyl (C=O) groups is 1. The SMILES string of the molecule is COc1cc(C)c([C@@H](C)NC(=O)CN(c2ccccc2Cl)S(C)(=O)=O)cc1C(C)C. The van der Waals surface area contributed by atoms with E-state index in [0.29, 0.717) is 0 Å². The minimum Gasteiger partial charge on any atom is -0.496 e. The van der Waals surface area contributed by atoms with E-state index >= 15 is 0 Å². The van der Waals surface area contributed by atoms with E-state index in [-0.39, 0.29) is 29.2 Å². The van der Waals surface area contributed by atoms with E-state index in [2.05, 4.69) is 19.2 Å². The Balaban J connectivity index is 2.27. The van der Waals surface area contributed by atoms with Gasteiger partial charge in [0.25, 0.3) is 0 Å². The van der Waals surface area contributed by atoms with Crippen molar-refractivity contribution in [2.45, 2.75) is 39.7 Å². The number of hydrogen-bond donors (Lipinski definition) is 1. The minimum absolute atomic E-state index is 0.253. The molecule has 0 aliphatic carbocycles. The second-order valence-corrected chi connectivity index (χ2v) is 9.93. The summed E-state index contributed by atoms with van der Waals surface area (Å²) < 4.78 is 31.1. The van der Waals surface area contributed by atoms with Crippen LogP contribution in [0.5, 0.6) is 5.75 Å². The van der Waals surface area contributed by atoms with E-state index in [4.69, 9.17) is 16.3 Å². The normalized spacial score (nSPS) is 12.5. The van der Waals surface area contributed by atoms with Crippen molar-refractivity contribution >= 4 is 33.2 Å². The standard InChI is InChI=1S/C22H29ClN2O4S/c1-14(2)17-12-18(15(3)11-21(17)29-5)16(4)24-22(26)13-25(30(6,27)28)20-10-8-7-9-19(20)23/h7-12,14,16H,13H2,1-6H3,(H,24,26)/t16-/m1/s1. The first-order chi connectivity index (χ1) is 14.0. The Morgan fingerprint density at radius 1 is 1.17 bits per heavy atom. The summed E-state index contributed by atoms with van der Waals surface area (Å²) in [6.45, 7) is 7.62. The first kappa shape index (κ1) is 24.0. The van der Waals surface area contributed by atoms with Gasteiger partial charge in [0, 0.05) is 0 Å². The van der Waals surface area contributed by atoms with Gasteiger partial charge in [0.05, 0.1) is 30.1 Å². The third kappa shape index (κ3) is 5.67. The van der Waals surface area contributed by atoms with Crippen molar-refractivity contribution in [3.05, 3.63) is 58.1 Å². The average Bonchev–Trinajstić information content (AvgIpc) is 2.65. The van der Waals surface area contributed by atoms with Gasteiger partial charge < -0.3 is 10.1 Å². The topological polar surface area (TPSA) is 75.7 Å². The van der Waals surface area contributed by atoms with Gasteiger partial charge in [0.2, 0.25) is 15.9 Å². The second-order valence-electron chi connectivity index (χ2n) is 7.62. The van der Waals surface area contributed by atoms with Crippen LogP contribution in [0.25, 0.3) is 0 Å². The molecular formula is C22H29ClN2O4S. The number of ether oxygens (including phenoxy) is 1. The fourth-order valence-corrected chi connectivity index (χ4v) is 4.50. The zero-order chi connectivity index (χ0) is 22.6. The number of rotatable bonds is 8. The third-order valence-electron chi connectivity index (χ3n) is 4.89. The lowest BCUT2D eigenvalue weighted by molar-refractivity contribution is -0.120. The molecule has 6 nitrogen and oxygen atoms in total. The molecule has 1 atom stereocenters. The van der Waals surface area contributed by atoms with Crippen molar-refractivity contribution in [3.63, 3.8) is 0 Å². The van der Waals surface area contributed by atoms with Gasteiger partial charge in [-0.05, 0) is 60.7 Å². The molecule has 0 aliphatic rings. The first-order valence-corrected chi connectivity index (χ1v) is 11.9. The molecule has 0 aromatic heterocycles. The van der Waals surface area contributed by atoms with Crippen molar-refractivity contribution in [2.75, 3.05) is 24.2 Å². The van der Waals surface area contributed by atoms with Crippen molar-refractivity contribution < 1.29 is 17.9 Å². The van der Waals surface area contributed by atoms with Gasteiger partial charge in [0.15, 0.2) is 0 Å². The van der Waals surface area contributed by atoms with E-state index in [0.717, 1.165) is 33.0 Å². The van der Waals surface area contributed by atoms with Crippen LogP contribution in [0.2, 0.25) is 5.02 Å². The Kier molecular flexibility index (Phi) is 7.77. The second kappa shape index (κ2) is 9.71. The van der Waals surface area contributed by atoms with Crippen LogP contribution in [0.4, 0.5) is 5.69 Å². The highest BCUT2D eigenvalue weighted by molar-refractivity contribution is 7.92. The number of anilines is 1. The van der Waals surface area contributed by atoms with Gasteiger partial charge in [-0.15, -0.1) is 0 Å². The number of para-hydroxylation sites is 1. The summed E-state index contributed by atoms with van der Waals surface area (Å²) in [5.41, 5.74) is 3.26. The molecule has 0 radical (unpaired) electrons. The predicted molar refractivity (Wildman–Crippen MR) is 122 cm³/mol. The molecule has 164 valence electrons. The molecule has 0 unspecified atom stereocenters. The molecule has 2 rings (SSSR count). The molecule has 0 saturated heterocycles. The van der Waals surface area contributed by atoms with Crippen molar-refractivity contribution in [2.24, 2.45) is 0 Å². The van der Waals surface area contributed by atoms with E-state index < -0.39 is 15.9 Å². The lowest BCUT2D eigenvalue weighted by atomic mass is 9.93. The molecule has 2 aromatic carbocycles. The summed E-state index contributed by atoms with van der Waals surface area (Å²) in [7, 11) is -2.06. The fourth-order valence-electron chi connectivity index (χ4n) is 3.34. The summed E-state index contributed by atoms with van der Waals surface area (Å²) in [5.74, 6) is 0.643. The van der Waals surface area contributed by atoms with Gasteiger partial charge in [0.1, 0.15) is 12.3 Å². The minimum atomic E-state index is -3.70. The van der Waals surface area contributed by atoms with Crippen LogP contribution in [0.3, 0.4) is 0 Å². The number of halogens is 1. The Labute approximate surface area is 184 Å². The summed E-state index contributed by atoms with van der Waals surface area (Å²) in [6.07, 6.45) is 1.05. The molecular weight excluding hydrogens is 424 g/mol. The Morgan fingerprint density at radius 3 is 2.33 bits per heavy atom. The smallest absolute Gasteiger partial charge is 0.241 e. The zero-order valence-electron chi connectivity index (χ0n) is 18.2. The summed E-state index contributed by atoms with van der Waals surface area (Å²) in [5, 5.41) is 3.16. The molecule has 0 aliphatic heterocycles. The zero-order valence-corrected chi connectivity index (χ0v) is 19.8. The van der Waals surface area contributed by atoms with Gasteiger partial charge in [-0.25, -0.2) is 8.42 Å². The lowest BCUT2D eigenvalue weighted by Gasteiger charge is -2.25. The van der Waals surface area contributed by atoms with E-state index in [1.54, 1.807) is 31.4 Å². The predicted octanol–water partition coefficient (Wildman–Crippen LogP) is 4.42. The number of aryl methyl sites for hydroxylation is 1. The van der Waals surface area contributed by atoms with Gasteiger partial charge in [-0.2, -0.15) is 0 Å². The van der Waals surface area contributed by atoms with Crippen LogP contribution < -0.4 is 14.4 Å². The molecule has 0 bridgehead atoms. The molecule has 0 heterocycles. The maximum absolute atomic E-state index is 12.7. The molecule has 1 N–H and O–H groups in total. The summed E-state index contributed by atoms with van der Waals surface area (Å²) in [6, 6.07) is 10.2. The van der Waals surface area contributed by atoms with Crippen LogP contribution in [0, 0.1) is 6.92 Å². The third-order valence-corrected chi connectivity index (χ3v) is 6.34. The van der Waals surface area contributed by atoms with Crippen LogP contribution in [0.1, 0.15) is 49.4 Å². The summed E-state index contributed by atoms with van der Waals surface area (Å²) in [4.78, 5) is 12.7. The molecule has 0 saturated carbocycles. The Bertz CT molecular complexity index is 1020. The largest absolute Gasteiger partial charge is 0.496 e. The van der Waals surface area contributed by atoms with Gasteiger partial charge in [-0.3, -0.25) is 9.10 Å². The highest BCUT2D eigenvalue weighted by atomic mass is 35.5. The number of methoxy groups -OCH3 is 1. The molecule has 0 spiro atoms. The maximum Gasteiger partial charge on any atom is 0.241 e. The van der Waals surface area contributed by atoms with E-state index in [9.17, 15) is 13.2 Å². The fraction of sp³-hybridized carbons (Fsp3) is 0.409. The molecule has 1 amide bonds. The number of amides is 1. The van der Waals surface area contributed by atoms with Crippen LogP contribution in [-0.2, 0) is 14.8 Å². The quantitative estimate of drug-likeness (QED) is 0.643. The van der Waals surface area contributed by atoms with Gasteiger partial charge in [-0.1, -0.05) is 37.6 Å². The highest BCUT2D eigenvalue weighted by Gasteiger charge is 2.24. The highest BCUT2D eigenvalue weighted by Crippen LogP contribution is 2.32. The summed E-state index contributed by atoms with van der Waals surface area (Å²) >= 11 is 6.16. The monoisotopic (exact) mass is 452 g/mol. The number of sulfonamides is 1. The van der Waals surface area contributed by atoms with Crippen molar-refractivity contribution in [1.82, 2.24) is 5.32 Å². The maximum atomic E-state index is 12.7. The molecule has 8 heteroatoms. The van der Waals surface area contributed by atoms with Gasteiger partial charge >= 0.3 is 0 Å². The van der Waals surface area contributed by atoms with Crippen molar-refractivity contribution in [3.8, 4) is 5.75 Å². The van der Waals surface area contributed by atoms with Crippen LogP contribution in [-0.4, -0.2) is 34.2 Å². The van der Waals surface area contributed by atoms with Crippen LogP contribution in [0.15, 0.2) is 36.4 Å².